The highest BCUT2D eigenvalue weighted by molar-refractivity contribution is 6.36. The third-order valence-electron chi connectivity index (χ3n) is 5.78. The quantitative estimate of drug-likeness (QED) is 0.103. The second kappa shape index (κ2) is 11.3. The van der Waals surface area contributed by atoms with Gasteiger partial charge in [0.15, 0.2) is 6.61 Å². The van der Waals surface area contributed by atoms with Crippen LogP contribution in [0.25, 0.3) is 21.5 Å². The summed E-state index contributed by atoms with van der Waals surface area (Å²) in [6.07, 6.45) is 1.43. The molecule has 1 amide bonds. The number of hydrogen-bond acceptors (Lipinski definition) is 5. The first-order chi connectivity index (χ1) is 18.5. The van der Waals surface area contributed by atoms with Gasteiger partial charge in [-0.2, -0.15) is 5.10 Å². The smallest absolute Gasteiger partial charge is 0.345 e. The third kappa shape index (κ3) is 5.62. The minimum atomic E-state index is -0.649. The third-order valence-corrected chi connectivity index (χ3v) is 6.32. The number of hydrogen-bond donors (Lipinski definition) is 1. The number of halogens is 2. The Morgan fingerprint density at radius 2 is 1.50 bits per heavy atom. The zero-order chi connectivity index (χ0) is 26.5. The van der Waals surface area contributed by atoms with E-state index >= 15 is 0 Å². The van der Waals surface area contributed by atoms with Gasteiger partial charge in [0.1, 0.15) is 11.5 Å². The number of nitrogens with zero attached hydrogens (tertiary/aromatic N) is 1. The van der Waals surface area contributed by atoms with Crippen molar-refractivity contribution in [1.29, 1.82) is 0 Å². The van der Waals surface area contributed by atoms with Gasteiger partial charge in [-0.15, -0.1) is 0 Å². The molecule has 0 saturated carbocycles. The lowest BCUT2D eigenvalue weighted by Gasteiger charge is -2.11. The number of hydrazone groups is 1. The largest absolute Gasteiger partial charge is 0.483 e. The first kappa shape index (κ1) is 25.3. The standard InChI is InChI=1S/C30H20Cl2N2O4/c31-21-13-14-24(26(32)16-21)30(36)38-28-15-12-20-7-1-3-9-22(20)25(28)17-33-34-29(35)18-37-27-11-5-8-19-6-2-4-10-23(19)27/h1-17H,18H2,(H,34,35)/b33-17-. The van der Waals surface area contributed by atoms with Crippen LogP contribution in [0, 0.1) is 0 Å². The van der Waals surface area contributed by atoms with Crippen LogP contribution >= 0.6 is 23.2 Å². The maximum Gasteiger partial charge on any atom is 0.345 e. The Morgan fingerprint density at radius 3 is 2.29 bits per heavy atom. The van der Waals surface area contributed by atoms with Gasteiger partial charge < -0.3 is 9.47 Å². The summed E-state index contributed by atoms with van der Waals surface area (Å²) in [6, 6.07) is 29.0. The molecular weight excluding hydrogens is 523 g/mol. The molecule has 0 heterocycles. The van der Waals surface area contributed by atoms with Crippen LogP contribution in [0.5, 0.6) is 11.5 Å². The Labute approximate surface area is 228 Å². The van der Waals surface area contributed by atoms with E-state index in [0.717, 1.165) is 21.5 Å². The van der Waals surface area contributed by atoms with Crippen molar-refractivity contribution in [2.45, 2.75) is 0 Å². The van der Waals surface area contributed by atoms with Gasteiger partial charge in [0.05, 0.1) is 16.8 Å². The summed E-state index contributed by atoms with van der Waals surface area (Å²) in [6.45, 7) is -0.224. The Kier molecular flexibility index (Phi) is 7.54. The van der Waals surface area contributed by atoms with Crippen LogP contribution in [0.15, 0.2) is 102 Å². The molecule has 0 aromatic heterocycles. The van der Waals surface area contributed by atoms with Gasteiger partial charge in [-0.25, -0.2) is 10.2 Å². The minimum absolute atomic E-state index is 0.172. The number of carbonyl (C=O) groups is 2. The number of nitrogens with one attached hydrogen (secondary N) is 1. The van der Waals surface area contributed by atoms with Gasteiger partial charge in [-0.05, 0) is 46.5 Å². The van der Waals surface area contributed by atoms with E-state index in [-0.39, 0.29) is 22.9 Å². The molecule has 0 bridgehead atoms. The summed E-state index contributed by atoms with van der Waals surface area (Å²) in [5, 5.41) is 8.30. The maximum absolute atomic E-state index is 12.8. The molecule has 0 aliphatic carbocycles. The summed E-state index contributed by atoms with van der Waals surface area (Å²) in [7, 11) is 0. The van der Waals surface area contributed by atoms with Crippen molar-refractivity contribution in [3.8, 4) is 11.5 Å². The normalized spacial score (nSPS) is 11.1. The second-order valence-corrected chi connectivity index (χ2v) is 9.11. The first-order valence-electron chi connectivity index (χ1n) is 11.6. The molecule has 1 N–H and O–H groups in total. The summed E-state index contributed by atoms with van der Waals surface area (Å²) < 4.78 is 11.4. The molecule has 0 fully saturated rings. The van der Waals surface area contributed by atoms with Crippen LogP contribution < -0.4 is 14.9 Å². The lowest BCUT2D eigenvalue weighted by Crippen LogP contribution is -2.24. The van der Waals surface area contributed by atoms with E-state index < -0.39 is 11.9 Å². The Hall–Kier alpha value is -4.39. The SMILES string of the molecule is O=C(COc1cccc2ccccc12)N/N=C\c1c(OC(=O)c2ccc(Cl)cc2Cl)ccc2ccccc12. The molecule has 5 aromatic carbocycles. The monoisotopic (exact) mass is 542 g/mol. The van der Waals surface area contributed by atoms with Crippen LogP contribution in [-0.2, 0) is 4.79 Å². The van der Waals surface area contributed by atoms with Gasteiger partial charge in [-0.1, -0.05) is 89.9 Å². The summed E-state index contributed by atoms with van der Waals surface area (Å²) in [5.41, 5.74) is 3.15. The predicted octanol–water partition coefficient (Wildman–Crippen LogP) is 7.05. The van der Waals surface area contributed by atoms with Gasteiger partial charge in [0.25, 0.3) is 5.91 Å². The molecule has 0 spiro atoms. The van der Waals surface area contributed by atoms with Crippen molar-refractivity contribution >= 4 is 62.8 Å². The number of rotatable bonds is 7. The van der Waals surface area contributed by atoms with Crippen molar-refractivity contribution in [3.63, 3.8) is 0 Å². The van der Waals surface area contributed by atoms with Crippen LogP contribution in [0.4, 0.5) is 0 Å². The highest BCUT2D eigenvalue weighted by Crippen LogP contribution is 2.29. The highest BCUT2D eigenvalue weighted by Gasteiger charge is 2.16. The topological polar surface area (TPSA) is 77.0 Å². The van der Waals surface area contributed by atoms with Crippen LogP contribution in [0.1, 0.15) is 15.9 Å². The molecular formula is C30H20Cl2N2O4. The zero-order valence-corrected chi connectivity index (χ0v) is 21.4. The van der Waals surface area contributed by atoms with Crippen molar-refractivity contribution < 1.29 is 19.1 Å². The summed E-state index contributed by atoms with van der Waals surface area (Å²) >= 11 is 12.1. The van der Waals surface area contributed by atoms with Gasteiger partial charge in [0, 0.05) is 16.0 Å². The fourth-order valence-corrected chi connectivity index (χ4v) is 4.46. The summed E-state index contributed by atoms with van der Waals surface area (Å²) in [4.78, 5) is 25.3. The van der Waals surface area contributed by atoms with Crippen molar-refractivity contribution in [2.75, 3.05) is 6.61 Å². The maximum atomic E-state index is 12.8. The van der Waals surface area contributed by atoms with E-state index in [0.29, 0.717) is 16.3 Å². The number of ether oxygens (including phenoxy) is 2. The molecule has 6 nitrogen and oxygen atoms in total. The van der Waals surface area contributed by atoms with Gasteiger partial charge >= 0.3 is 5.97 Å². The average molecular weight is 543 g/mol. The van der Waals surface area contributed by atoms with Crippen LogP contribution in [-0.4, -0.2) is 24.7 Å². The second-order valence-electron chi connectivity index (χ2n) is 8.27. The van der Waals surface area contributed by atoms with Crippen LogP contribution in [0.2, 0.25) is 10.0 Å². The number of esters is 1. The molecule has 38 heavy (non-hydrogen) atoms. The number of amides is 1. The molecule has 0 atom stereocenters. The fourth-order valence-electron chi connectivity index (χ4n) is 3.97. The van der Waals surface area contributed by atoms with Crippen molar-refractivity contribution in [2.24, 2.45) is 5.10 Å². The highest BCUT2D eigenvalue weighted by atomic mass is 35.5. The predicted molar refractivity (Wildman–Crippen MR) is 151 cm³/mol. The minimum Gasteiger partial charge on any atom is -0.483 e. The fraction of sp³-hybridized carbons (Fsp3) is 0.0333. The van der Waals surface area contributed by atoms with E-state index in [1.54, 1.807) is 12.1 Å². The molecule has 0 aliphatic rings. The molecule has 8 heteroatoms. The van der Waals surface area contributed by atoms with E-state index in [2.05, 4.69) is 10.5 Å². The number of fused-ring (bicyclic) bond motifs is 2. The Bertz CT molecular complexity index is 1700. The molecule has 188 valence electrons. The molecule has 5 aromatic rings. The van der Waals surface area contributed by atoms with E-state index in [1.807, 2.05) is 72.8 Å². The van der Waals surface area contributed by atoms with Gasteiger partial charge in [0.2, 0.25) is 0 Å². The molecule has 0 aliphatic heterocycles. The summed E-state index contributed by atoms with van der Waals surface area (Å²) in [5.74, 6) is -0.235. The zero-order valence-electron chi connectivity index (χ0n) is 19.9. The molecule has 0 saturated heterocycles. The molecule has 0 radical (unpaired) electrons. The number of carbonyl (C=O) groups excluding carboxylic acids is 2. The van der Waals surface area contributed by atoms with E-state index in [9.17, 15) is 9.59 Å². The van der Waals surface area contributed by atoms with Crippen LogP contribution in [0.3, 0.4) is 0 Å². The lowest BCUT2D eigenvalue weighted by atomic mass is 10.0. The first-order valence-corrected chi connectivity index (χ1v) is 12.4. The van der Waals surface area contributed by atoms with Crippen molar-refractivity contribution in [3.05, 3.63) is 118 Å². The average Bonchev–Trinajstić information content (AvgIpc) is 2.92. The van der Waals surface area contributed by atoms with Gasteiger partial charge in [-0.3, -0.25) is 4.79 Å². The Balaban J connectivity index is 1.33. The van der Waals surface area contributed by atoms with E-state index in [4.69, 9.17) is 32.7 Å². The lowest BCUT2D eigenvalue weighted by molar-refractivity contribution is -0.123. The number of benzene rings is 5. The van der Waals surface area contributed by atoms with Crippen molar-refractivity contribution in [1.82, 2.24) is 5.43 Å². The Morgan fingerprint density at radius 1 is 0.789 bits per heavy atom. The molecule has 5 rings (SSSR count). The van der Waals surface area contributed by atoms with E-state index in [1.165, 1.54) is 18.3 Å². The molecule has 0 unspecified atom stereocenters.